The van der Waals surface area contributed by atoms with E-state index in [9.17, 15) is 19.7 Å². The van der Waals surface area contributed by atoms with Crippen molar-refractivity contribution in [3.8, 4) is 23.1 Å². The third kappa shape index (κ3) is 5.76. The number of nitro groups is 1. The minimum atomic E-state index is -0.643. The number of aromatic nitrogens is 2. The van der Waals surface area contributed by atoms with Gasteiger partial charge in [0.05, 0.1) is 42.4 Å². The number of hydrogen-bond acceptors (Lipinski definition) is 10. The summed E-state index contributed by atoms with van der Waals surface area (Å²) in [6.07, 6.45) is 1.28. The van der Waals surface area contributed by atoms with Gasteiger partial charge >= 0.3 is 5.69 Å². The number of furan rings is 1. The van der Waals surface area contributed by atoms with Gasteiger partial charge in [-0.25, -0.2) is 4.98 Å². The molecule has 0 unspecified atom stereocenters. The summed E-state index contributed by atoms with van der Waals surface area (Å²) in [7, 11) is 1.33. The molecule has 6 rings (SSSR count). The Labute approximate surface area is 257 Å². The predicted octanol–water partition coefficient (Wildman–Crippen LogP) is 4.61. The van der Waals surface area contributed by atoms with Gasteiger partial charge in [0.15, 0.2) is 18.1 Å². The zero-order valence-corrected chi connectivity index (χ0v) is 24.9. The lowest BCUT2D eigenvalue weighted by Gasteiger charge is -2.26. The second-order valence-corrected chi connectivity index (χ2v) is 10.6. The van der Waals surface area contributed by atoms with Crippen molar-refractivity contribution in [2.45, 2.75) is 0 Å². The van der Waals surface area contributed by atoms with E-state index in [1.165, 1.54) is 25.5 Å². The van der Waals surface area contributed by atoms with Crippen LogP contribution in [0.5, 0.6) is 11.5 Å². The molecule has 0 bridgehead atoms. The van der Waals surface area contributed by atoms with Gasteiger partial charge in [-0.05, 0) is 42.5 Å². The van der Waals surface area contributed by atoms with Crippen LogP contribution in [0.1, 0.15) is 5.56 Å². The first-order valence-electron chi connectivity index (χ1n) is 13.4. The molecule has 13 nitrogen and oxygen atoms in total. The highest BCUT2D eigenvalue weighted by Gasteiger charge is 2.25. The van der Waals surface area contributed by atoms with Crippen molar-refractivity contribution in [2.24, 2.45) is 5.10 Å². The number of nitro benzene ring substituents is 1. The largest absolute Gasteiger partial charge is 0.493 e. The summed E-state index contributed by atoms with van der Waals surface area (Å²) in [6, 6.07) is 16.8. The van der Waals surface area contributed by atoms with E-state index >= 15 is 0 Å². The van der Waals surface area contributed by atoms with Crippen LogP contribution in [-0.2, 0) is 9.53 Å². The van der Waals surface area contributed by atoms with Crippen LogP contribution < -0.4 is 15.0 Å². The first-order chi connectivity index (χ1) is 21.3. The fourth-order valence-corrected chi connectivity index (χ4v) is 5.17. The van der Waals surface area contributed by atoms with Crippen molar-refractivity contribution in [3.05, 3.63) is 91.2 Å². The zero-order valence-electron chi connectivity index (χ0n) is 23.3. The van der Waals surface area contributed by atoms with Gasteiger partial charge < -0.3 is 23.5 Å². The number of rotatable bonds is 8. The maximum Gasteiger partial charge on any atom is 0.315 e. The smallest absolute Gasteiger partial charge is 0.315 e. The fraction of sp³-hybridized carbons (Fsp3) is 0.200. The number of carbonyl (C=O) groups excluding carboxylic acids is 1. The number of ether oxygens (including phenoxy) is 3. The van der Waals surface area contributed by atoms with Crippen molar-refractivity contribution in [1.29, 1.82) is 0 Å². The number of nitrogens with zero attached hydrogens (tertiary/aromatic N) is 5. The molecular weight excluding hydrogens is 638 g/mol. The lowest BCUT2D eigenvalue weighted by Crippen LogP contribution is -2.43. The number of carbonyl (C=O) groups is 1. The molecule has 44 heavy (non-hydrogen) atoms. The summed E-state index contributed by atoms with van der Waals surface area (Å²) in [6.45, 7) is 1.23. The number of morpholine rings is 1. The van der Waals surface area contributed by atoms with Gasteiger partial charge in [-0.15, -0.1) is 0 Å². The zero-order chi connectivity index (χ0) is 30.8. The average Bonchev–Trinajstić information content (AvgIpc) is 3.46. The number of para-hydroxylation sites is 1. The van der Waals surface area contributed by atoms with E-state index in [-0.39, 0.29) is 28.8 Å². The lowest BCUT2D eigenvalue weighted by molar-refractivity contribution is -0.385. The molecule has 0 aliphatic carbocycles. The molecule has 2 aromatic heterocycles. The summed E-state index contributed by atoms with van der Waals surface area (Å²) in [5.41, 5.74) is 0.370. The second-order valence-electron chi connectivity index (χ2n) is 9.72. The summed E-state index contributed by atoms with van der Waals surface area (Å²) < 4.78 is 24.2. The average molecular weight is 662 g/mol. The lowest BCUT2D eigenvalue weighted by atomic mass is 10.2. The quantitative estimate of drug-likeness (QED) is 0.132. The highest BCUT2D eigenvalue weighted by molar-refractivity contribution is 9.10. The molecule has 5 aromatic rings. The minimum Gasteiger partial charge on any atom is -0.493 e. The molecule has 0 N–H and O–H groups in total. The van der Waals surface area contributed by atoms with Crippen LogP contribution >= 0.6 is 15.9 Å². The molecule has 1 aliphatic heterocycles. The van der Waals surface area contributed by atoms with Crippen LogP contribution in [0.4, 0.5) is 5.69 Å². The maximum atomic E-state index is 13.6. The van der Waals surface area contributed by atoms with E-state index < -0.39 is 22.8 Å². The summed E-state index contributed by atoms with van der Waals surface area (Å²) in [5, 5.41) is 17.5. The molecule has 1 saturated heterocycles. The van der Waals surface area contributed by atoms with E-state index in [1.807, 2.05) is 12.1 Å². The third-order valence-electron chi connectivity index (χ3n) is 6.95. The molecule has 14 heteroatoms. The van der Waals surface area contributed by atoms with E-state index in [0.29, 0.717) is 48.5 Å². The van der Waals surface area contributed by atoms with Crippen LogP contribution in [-0.4, -0.2) is 71.6 Å². The molecule has 0 saturated carbocycles. The minimum absolute atomic E-state index is 0.0162. The number of hydrogen-bond donors (Lipinski definition) is 0. The molecule has 3 aromatic carbocycles. The molecule has 1 amide bonds. The predicted molar refractivity (Wildman–Crippen MR) is 164 cm³/mol. The fourth-order valence-electron chi connectivity index (χ4n) is 4.79. The van der Waals surface area contributed by atoms with E-state index in [0.717, 1.165) is 14.5 Å². The molecular formula is C30H24BrN5O8. The molecule has 1 aliphatic rings. The van der Waals surface area contributed by atoms with Gasteiger partial charge in [0.1, 0.15) is 5.58 Å². The van der Waals surface area contributed by atoms with Gasteiger partial charge in [0.25, 0.3) is 11.5 Å². The highest BCUT2D eigenvalue weighted by Crippen LogP contribution is 2.38. The van der Waals surface area contributed by atoms with E-state index in [4.69, 9.17) is 18.6 Å². The van der Waals surface area contributed by atoms with Crippen LogP contribution in [0.2, 0.25) is 0 Å². The number of fused-ring (bicyclic) bond motifs is 2. The van der Waals surface area contributed by atoms with Crippen LogP contribution in [0, 0.1) is 10.1 Å². The van der Waals surface area contributed by atoms with Gasteiger partial charge in [-0.2, -0.15) is 9.78 Å². The van der Waals surface area contributed by atoms with Gasteiger partial charge in [-0.1, -0.05) is 28.1 Å². The molecule has 3 heterocycles. The Kier molecular flexibility index (Phi) is 8.09. The summed E-state index contributed by atoms with van der Waals surface area (Å²) >= 11 is 3.45. The first kappa shape index (κ1) is 29.0. The van der Waals surface area contributed by atoms with Crippen LogP contribution in [0.15, 0.2) is 79.4 Å². The Hall–Kier alpha value is -5.08. The van der Waals surface area contributed by atoms with Crippen molar-refractivity contribution in [3.63, 3.8) is 0 Å². The Balaban J connectivity index is 1.39. The number of halogens is 1. The molecule has 0 radical (unpaired) electrons. The second kappa shape index (κ2) is 12.3. The SMILES string of the molecule is COc1cc(C=Nn2c(-c3cc4cc(Br)ccc4o3)nc3ccccc3c2=O)cc([N+](=O)[O-])c1OCC(=O)N1CCOCC1. The van der Waals surface area contributed by atoms with Gasteiger partial charge in [0, 0.05) is 34.6 Å². The highest BCUT2D eigenvalue weighted by atomic mass is 79.9. The third-order valence-corrected chi connectivity index (χ3v) is 7.45. The van der Waals surface area contributed by atoms with Crippen molar-refractivity contribution >= 4 is 55.6 Å². The van der Waals surface area contributed by atoms with Gasteiger partial charge in [-0.3, -0.25) is 19.7 Å². The summed E-state index contributed by atoms with van der Waals surface area (Å²) in [4.78, 5) is 43.8. The van der Waals surface area contributed by atoms with Crippen molar-refractivity contribution in [2.75, 3.05) is 40.0 Å². The Morgan fingerprint density at radius 1 is 1.16 bits per heavy atom. The molecule has 224 valence electrons. The van der Waals surface area contributed by atoms with Crippen LogP contribution in [0.3, 0.4) is 0 Å². The molecule has 0 spiro atoms. The van der Waals surface area contributed by atoms with Gasteiger partial charge in [0.2, 0.25) is 11.6 Å². The van der Waals surface area contributed by atoms with Crippen molar-refractivity contribution < 1.29 is 28.3 Å². The number of methoxy groups -OCH3 is 1. The first-order valence-corrected chi connectivity index (χ1v) is 14.2. The summed E-state index contributed by atoms with van der Waals surface area (Å²) in [5.74, 6) is -0.0722. The van der Waals surface area contributed by atoms with E-state index in [2.05, 4.69) is 26.0 Å². The Morgan fingerprint density at radius 3 is 2.73 bits per heavy atom. The van der Waals surface area contributed by atoms with Crippen molar-refractivity contribution in [1.82, 2.24) is 14.6 Å². The van der Waals surface area contributed by atoms with E-state index in [1.54, 1.807) is 41.3 Å². The maximum absolute atomic E-state index is 13.6. The number of amides is 1. The topological polar surface area (TPSA) is 152 Å². The standard InChI is InChI=1S/C30H24BrN5O8/c1-41-25-13-18(12-23(36(39)40)28(25)43-17-27(37)34-8-10-42-11-9-34)16-32-35-29(33-22-5-3-2-4-21(22)30(35)38)26-15-19-14-20(31)6-7-24(19)44-26/h2-7,12-16H,8-11,17H2,1H3. The molecule has 0 atom stereocenters. The Morgan fingerprint density at radius 2 is 1.95 bits per heavy atom. The number of benzene rings is 3. The molecule has 1 fully saturated rings. The normalized spacial score (nSPS) is 13.5. The van der Waals surface area contributed by atoms with Crippen LogP contribution in [0.25, 0.3) is 33.5 Å². The Bertz CT molecular complexity index is 2000. The monoisotopic (exact) mass is 661 g/mol.